The first kappa shape index (κ1) is 10.9. The molecular formula is C10H7Cl2NOS. The zero-order valence-electron chi connectivity index (χ0n) is 7.52. The quantitative estimate of drug-likeness (QED) is 0.895. The van der Waals surface area contributed by atoms with Gasteiger partial charge in [0.15, 0.2) is 0 Å². The van der Waals surface area contributed by atoms with Crippen molar-refractivity contribution in [2.24, 2.45) is 0 Å². The first-order valence-electron chi connectivity index (χ1n) is 4.21. The number of pyridine rings is 1. The van der Waals surface area contributed by atoms with Crippen molar-refractivity contribution in [3.05, 3.63) is 50.4 Å². The van der Waals surface area contributed by atoms with Crippen LogP contribution in [-0.4, -0.2) is 10.1 Å². The Kier molecular flexibility index (Phi) is 3.26. The van der Waals surface area contributed by atoms with Crippen LogP contribution in [0.5, 0.6) is 0 Å². The lowest BCUT2D eigenvalue weighted by Gasteiger charge is -2.06. The van der Waals surface area contributed by atoms with Gasteiger partial charge in [0.1, 0.15) is 6.10 Å². The molecule has 1 N–H and O–H groups in total. The minimum atomic E-state index is -0.736. The maximum Gasteiger partial charge on any atom is 0.130 e. The summed E-state index contributed by atoms with van der Waals surface area (Å²) in [7, 11) is 0. The first-order chi connectivity index (χ1) is 7.16. The molecular weight excluding hydrogens is 253 g/mol. The van der Waals surface area contributed by atoms with Crippen LogP contribution in [0, 0.1) is 0 Å². The molecule has 0 radical (unpaired) electrons. The summed E-state index contributed by atoms with van der Waals surface area (Å²) in [6, 6.07) is 6.93. The summed E-state index contributed by atoms with van der Waals surface area (Å²) >= 11 is 12.8. The predicted octanol–water partition coefficient (Wildman–Crippen LogP) is 3.53. The summed E-state index contributed by atoms with van der Waals surface area (Å²) in [5.41, 5.74) is 0.568. The Hall–Kier alpha value is -0.610. The Balaban J connectivity index is 2.28. The number of nitrogens with zero attached hydrogens (tertiary/aromatic N) is 1. The number of rotatable bonds is 2. The minimum absolute atomic E-state index is 0.551. The van der Waals surface area contributed by atoms with E-state index in [1.54, 1.807) is 24.3 Å². The van der Waals surface area contributed by atoms with E-state index in [1.165, 1.54) is 17.5 Å². The Bertz CT molecular complexity index is 455. The zero-order valence-corrected chi connectivity index (χ0v) is 9.85. The van der Waals surface area contributed by atoms with Gasteiger partial charge in [-0.2, -0.15) is 0 Å². The molecule has 2 rings (SSSR count). The van der Waals surface area contributed by atoms with Crippen molar-refractivity contribution in [1.29, 1.82) is 0 Å². The second-order valence-electron chi connectivity index (χ2n) is 2.95. The van der Waals surface area contributed by atoms with Gasteiger partial charge < -0.3 is 5.11 Å². The van der Waals surface area contributed by atoms with E-state index in [0.29, 0.717) is 15.1 Å². The van der Waals surface area contributed by atoms with Gasteiger partial charge in [0.05, 0.1) is 15.1 Å². The molecule has 0 aromatic carbocycles. The molecule has 0 bridgehead atoms. The van der Waals surface area contributed by atoms with E-state index >= 15 is 0 Å². The summed E-state index contributed by atoms with van der Waals surface area (Å²) in [6.45, 7) is 0. The van der Waals surface area contributed by atoms with E-state index in [4.69, 9.17) is 23.2 Å². The second-order valence-corrected chi connectivity index (χ2v) is 5.13. The molecule has 2 aromatic heterocycles. The highest BCUT2D eigenvalue weighted by Crippen LogP contribution is 2.30. The summed E-state index contributed by atoms with van der Waals surface area (Å²) in [6.07, 6.45) is 0.773. The standard InChI is InChI=1S/C10H7Cl2NOS/c11-6-1-2-7(13-5-6)10(14)8-3-4-9(12)15-8/h1-5,10,14H. The van der Waals surface area contributed by atoms with Gasteiger partial charge in [-0.1, -0.05) is 23.2 Å². The SMILES string of the molecule is OC(c1ccc(Cl)cn1)c1ccc(Cl)s1. The second kappa shape index (κ2) is 4.49. The molecule has 15 heavy (non-hydrogen) atoms. The molecule has 2 nitrogen and oxygen atoms in total. The Labute approximate surface area is 101 Å². The molecule has 5 heteroatoms. The number of aliphatic hydroxyl groups excluding tert-OH is 1. The van der Waals surface area contributed by atoms with Crippen LogP contribution in [0.15, 0.2) is 30.5 Å². The third-order valence-corrected chi connectivity index (χ3v) is 3.40. The molecule has 0 saturated carbocycles. The van der Waals surface area contributed by atoms with Crippen LogP contribution < -0.4 is 0 Å². The largest absolute Gasteiger partial charge is 0.381 e. The molecule has 0 aliphatic heterocycles. The monoisotopic (exact) mass is 259 g/mol. The van der Waals surface area contributed by atoms with Gasteiger partial charge in [-0.25, -0.2) is 0 Å². The number of hydrogen-bond donors (Lipinski definition) is 1. The van der Waals surface area contributed by atoms with Gasteiger partial charge in [-0.3, -0.25) is 4.98 Å². The molecule has 78 valence electrons. The van der Waals surface area contributed by atoms with Crippen molar-refractivity contribution >= 4 is 34.5 Å². The minimum Gasteiger partial charge on any atom is -0.381 e. The van der Waals surface area contributed by atoms with E-state index in [0.717, 1.165) is 4.88 Å². The number of aliphatic hydroxyl groups is 1. The Morgan fingerprint density at radius 3 is 2.53 bits per heavy atom. The molecule has 2 heterocycles. The summed E-state index contributed by atoms with van der Waals surface area (Å²) < 4.78 is 0.651. The highest BCUT2D eigenvalue weighted by atomic mass is 35.5. The molecule has 0 spiro atoms. The van der Waals surface area contributed by atoms with E-state index in [9.17, 15) is 5.11 Å². The molecule has 1 unspecified atom stereocenters. The average molecular weight is 260 g/mol. The predicted molar refractivity (Wildman–Crippen MR) is 62.6 cm³/mol. The molecule has 0 aliphatic carbocycles. The van der Waals surface area contributed by atoms with Crippen molar-refractivity contribution < 1.29 is 5.11 Å². The van der Waals surface area contributed by atoms with E-state index in [1.807, 2.05) is 0 Å². The van der Waals surface area contributed by atoms with Gasteiger partial charge in [0.25, 0.3) is 0 Å². The molecule has 0 saturated heterocycles. The maximum atomic E-state index is 9.94. The Morgan fingerprint density at radius 2 is 2.00 bits per heavy atom. The van der Waals surface area contributed by atoms with Crippen LogP contribution in [0.3, 0.4) is 0 Å². The summed E-state index contributed by atoms with van der Waals surface area (Å²) in [4.78, 5) is 4.82. The van der Waals surface area contributed by atoms with Crippen molar-refractivity contribution in [1.82, 2.24) is 4.98 Å². The molecule has 0 fully saturated rings. The zero-order chi connectivity index (χ0) is 10.8. The fraction of sp³-hybridized carbons (Fsp3) is 0.100. The van der Waals surface area contributed by atoms with Crippen LogP contribution in [0.25, 0.3) is 0 Å². The normalized spacial score (nSPS) is 12.7. The van der Waals surface area contributed by atoms with E-state index < -0.39 is 6.10 Å². The molecule has 1 atom stereocenters. The number of aromatic nitrogens is 1. The lowest BCUT2D eigenvalue weighted by Crippen LogP contribution is -1.99. The van der Waals surface area contributed by atoms with Crippen LogP contribution >= 0.6 is 34.5 Å². The number of halogens is 2. The van der Waals surface area contributed by atoms with Gasteiger partial charge in [0, 0.05) is 11.1 Å². The third kappa shape index (κ3) is 2.49. The smallest absolute Gasteiger partial charge is 0.130 e. The van der Waals surface area contributed by atoms with Crippen LogP contribution in [0.1, 0.15) is 16.7 Å². The summed E-state index contributed by atoms with van der Waals surface area (Å²) in [5, 5.41) is 10.5. The van der Waals surface area contributed by atoms with E-state index in [2.05, 4.69) is 4.98 Å². The lowest BCUT2D eigenvalue weighted by atomic mass is 10.2. The van der Waals surface area contributed by atoms with Crippen molar-refractivity contribution in [3.8, 4) is 0 Å². The molecule has 0 amide bonds. The van der Waals surface area contributed by atoms with Crippen molar-refractivity contribution in [2.75, 3.05) is 0 Å². The topological polar surface area (TPSA) is 33.1 Å². The van der Waals surface area contributed by atoms with E-state index in [-0.39, 0.29) is 0 Å². The number of hydrogen-bond acceptors (Lipinski definition) is 3. The summed E-state index contributed by atoms with van der Waals surface area (Å²) in [5.74, 6) is 0. The Morgan fingerprint density at radius 1 is 1.20 bits per heavy atom. The van der Waals surface area contributed by atoms with Gasteiger partial charge in [0.2, 0.25) is 0 Å². The molecule has 2 aromatic rings. The van der Waals surface area contributed by atoms with Gasteiger partial charge >= 0.3 is 0 Å². The van der Waals surface area contributed by atoms with Gasteiger partial charge in [-0.15, -0.1) is 11.3 Å². The average Bonchev–Trinajstić information content (AvgIpc) is 2.65. The van der Waals surface area contributed by atoms with Crippen LogP contribution in [-0.2, 0) is 0 Å². The lowest BCUT2D eigenvalue weighted by molar-refractivity contribution is 0.219. The molecule has 0 aliphatic rings. The highest BCUT2D eigenvalue weighted by molar-refractivity contribution is 7.16. The van der Waals surface area contributed by atoms with Gasteiger partial charge in [-0.05, 0) is 24.3 Å². The maximum absolute atomic E-state index is 9.94. The van der Waals surface area contributed by atoms with Crippen molar-refractivity contribution in [3.63, 3.8) is 0 Å². The van der Waals surface area contributed by atoms with Crippen LogP contribution in [0.2, 0.25) is 9.36 Å². The van der Waals surface area contributed by atoms with Crippen molar-refractivity contribution in [2.45, 2.75) is 6.10 Å². The van der Waals surface area contributed by atoms with Crippen LogP contribution in [0.4, 0.5) is 0 Å². The fourth-order valence-corrected chi connectivity index (χ4v) is 2.34. The highest BCUT2D eigenvalue weighted by Gasteiger charge is 2.13. The fourth-order valence-electron chi connectivity index (χ4n) is 1.17. The third-order valence-electron chi connectivity index (χ3n) is 1.89. The first-order valence-corrected chi connectivity index (χ1v) is 5.79. The number of thiophene rings is 1.